The Labute approximate surface area is 100 Å². The molecule has 1 aromatic carbocycles. The van der Waals surface area contributed by atoms with Gasteiger partial charge < -0.3 is 10.1 Å². The minimum absolute atomic E-state index is 0.316. The number of hydrogen-bond acceptors (Lipinski definition) is 3. The van der Waals surface area contributed by atoms with Gasteiger partial charge in [-0.2, -0.15) is 0 Å². The fourth-order valence-corrected chi connectivity index (χ4v) is 2.41. The lowest BCUT2D eigenvalue weighted by Gasteiger charge is -2.21. The van der Waals surface area contributed by atoms with E-state index in [1.165, 1.54) is 7.11 Å². The number of urea groups is 1. The van der Waals surface area contributed by atoms with Crippen LogP contribution in [0.5, 0.6) is 5.75 Å². The van der Waals surface area contributed by atoms with E-state index in [4.69, 9.17) is 27.9 Å². The number of ether oxygens (including phenoxy) is 1. The zero-order valence-corrected chi connectivity index (χ0v) is 9.89. The quantitative estimate of drug-likeness (QED) is 0.767. The third kappa shape index (κ3) is 1.82. The molecule has 1 aromatic rings. The van der Waals surface area contributed by atoms with Gasteiger partial charge in [-0.25, -0.2) is 4.79 Å². The summed E-state index contributed by atoms with van der Waals surface area (Å²) < 4.78 is 7.62. The Morgan fingerprint density at radius 2 is 2.20 bits per heavy atom. The second kappa shape index (κ2) is 4.00. The van der Waals surface area contributed by atoms with E-state index in [1.807, 2.05) is 0 Å². The molecule has 0 aromatic heterocycles. The van der Waals surface area contributed by atoms with Crippen molar-refractivity contribution < 1.29 is 9.53 Å². The highest BCUT2D eigenvalue weighted by Crippen LogP contribution is 2.45. The molecule has 0 saturated heterocycles. The van der Waals surface area contributed by atoms with Crippen LogP contribution in [0, 0.1) is 0 Å². The molecule has 0 radical (unpaired) electrons. The van der Waals surface area contributed by atoms with Crippen molar-refractivity contribution in [2.45, 2.75) is 4.90 Å². The van der Waals surface area contributed by atoms with Crippen molar-refractivity contribution in [1.82, 2.24) is 4.72 Å². The minimum atomic E-state index is -0.316. The number of carbonyl (C=O) groups is 1. The molecule has 0 fully saturated rings. The molecule has 7 heteroatoms. The average Bonchev–Trinajstić information content (AvgIpc) is 2.23. The van der Waals surface area contributed by atoms with Gasteiger partial charge in [0.1, 0.15) is 11.4 Å². The average molecular weight is 265 g/mol. The fraction of sp³-hybridized carbons (Fsp3) is 0.125. The Morgan fingerprint density at radius 1 is 1.47 bits per heavy atom. The highest BCUT2D eigenvalue weighted by Gasteiger charge is 2.23. The van der Waals surface area contributed by atoms with Gasteiger partial charge in [0.25, 0.3) is 0 Å². The van der Waals surface area contributed by atoms with Gasteiger partial charge in [-0.3, -0.25) is 4.72 Å². The van der Waals surface area contributed by atoms with Gasteiger partial charge in [-0.1, -0.05) is 23.2 Å². The molecular weight excluding hydrogens is 259 g/mol. The molecule has 15 heavy (non-hydrogen) atoms. The number of rotatable bonds is 1. The first-order chi connectivity index (χ1) is 7.13. The number of hydrogen-bond donors (Lipinski definition) is 2. The van der Waals surface area contributed by atoms with Crippen molar-refractivity contribution in [2.24, 2.45) is 0 Å². The third-order valence-electron chi connectivity index (χ3n) is 1.84. The van der Waals surface area contributed by atoms with Gasteiger partial charge >= 0.3 is 6.03 Å². The number of anilines is 1. The lowest BCUT2D eigenvalue weighted by molar-refractivity contribution is 0.256. The molecule has 0 saturated carbocycles. The molecule has 1 aliphatic rings. The van der Waals surface area contributed by atoms with E-state index in [-0.39, 0.29) is 6.03 Å². The Balaban J connectivity index is 2.61. The Kier molecular flexibility index (Phi) is 2.86. The SMILES string of the molecule is COc1cc(Cl)c(Cl)c2c1NC(=O)NS2. The number of carbonyl (C=O) groups excluding carboxylic acids is 1. The molecule has 2 N–H and O–H groups in total. The molecule has 0 atom stereocenters. The van der Waals surface area contributed by atoms with Crippen LogP contribution in [-0.2, 0) is 0 Å². The van der Waals surface area contributed by atoms with E-state index in [9.17, 15) is 4.79 Å². The fourth-order valence-electron chi connectivity index (χ4n) is 1.19. The summed E-state index contributed by atoms with van der Waals surface area (Å²) in [7, 11) is 1.50. The molecular formula is C8H6Cl2N2O2S. The summed E-state index contributed by atoms with van der Waals surface area (Å²) in [6, 6.07) is 1.25. The van der Waals surface area contributed by atoms with Crippen LogP contribution >= 0.6 is 35.1 Å². The predicted molar refractivity (Wildman–Crippen MR) is 61.0 cm³/mol. The van der Waals surface area contributed by atoms with Gasteiger partial charge in [0, 0.05) is 6.07 Å². The Hall–Kier alpha value is -0.780. The predicted octanol–water partition coefficient (Wildman–Crippen LogP) is 3.14. The van der Waals surface area contributed by atoms with Crippen LogP contribution < -0.4 is 14.8 Å². The van der Waals surface area contributed by atoms with Crippen molar-refractivity contribution in [3.05, 3.63) is 16.1 Å². The zero-order valence-electron chi connectivity index (χ0n) is 7.56. The van der Waals surface area contributed by atoms with Crippen molar-refractivity contribution in [3.8, 4) is 5.75 Å². The molecule has 80 valence electrons. The summed E-state index contributed by atoms with van der Waals surface area (Å²) in [4.78, 5) is 11.8. The Bertz CT molecular complexity index is 439. The number of benzene rings is 1. The van der Waals surface area contributed by atoms with Crippen LogP contribution in [0.4, 0.5) is 10.5 Å². The standard InChI is InChI=1S/C8H6Cl2N2O2S/c1-14-4-2-3(9)5(10)7-6(4)11-8(13)12-15-7/h2H,1H3,(H2,11,12,13). The zero-order chi connectivity index (χ0) is 11.0. The summed E-state index contributed by atoms with van der Waals surface area (Å²) in [5.74, 6) is 0.488. The number of fused-ring (bicyclic) bond motifs is 1. The van der Waals surface area contributed by atoms with Crippen LogP contribution in [0.2, 0.25) is 10.0 Å². The van der Waals surface area contributed by atoms with Gasteiger partial charge in [0.05, 0.1) is 22.1 Å². The largest absolute Gasteiger partial charge is 0.494 e. The van der Waals surface area contributed by atoms with Gasteiger partial charge in [-0.05, 0) is 11.9 Å². The van der Waals surface area contributed by atoms with Crippen LogP contribution in [0.3, 0.4) is 0 Å². The number of methoxy groups -OCH3 is 1. The molecule has 1 aliphatic heterocycles. The molecule has 0 aliphatic carbocycles. The molecule has 2 amide bonds. The molecule has 4 nitrogen and oxygen atoms in total. The van der Waals surface area contributed by atoms with E-state index >= 15 is 0 Å². The van der Waals surface area contributed by atoms with E-state index < -0.39 is 0 Å². The van der Waals surface area contributed by atoms with Crippen molar-refractivity contribution in [1.29, 1.82) is 0 Å². The smallest absolute Gasteiger partial charge is 0.329 e. The lowest BCUT2D eigenvalue weighted by atomic mass is 10.3. The molecule has 0 spiro atoms. The number of nitrogens with one attached hydrogen (secondary N) is 2. The second-order valence-corrected chi connectivity index (χ2v) is 4.34. The molecule has 0 bridgehead atoms. The summed E-state index contributed by atoms with van der Waals surface area (Å²) in [5.41, 5.74) is 0.542. The maximum atomic E-state index is 11.1. The lowest BCUT2D eigenvalue weighted by Crippen LogP contribution is -2.27. The summed E-state index contributed by atoms with van der Waals surface area (Å²) in [6.45, 7) is 0. The maximum absolute atomic E-state index is 11.1. The Morgan fingerprint density at radius 3 is 2.87 bits per heavy atom. The van der Waals surface area contributed by atoms with E-state index in [1.54, 1.807) is 6.07 Å². The van der Waals surface area contributed by atoms with Gasteiger partial charge in [0.15, 0.2) is 0 Å². The van der Waals surface area contributed by atoms with E-state index in [0.717, 1.165) is 11.9 Å². The van der Waals surface area contributed by atoms with Crippen LogP contribution in [0.25, 0.3) is 0 Å². The van der Waals surface area contributed by atoms with Crippen LogP contribution in [0.15, 0.2) is 11.0 Å². The minimum Gasteiger partial charge on any atom is -0.494 e. The summed E-state index contributed by atoms with van der Waals surface area (Å²) in [6.07, 6.45) is 0. The van der Waals surface area contributed by atoms with E-state index in [0.29, 0.717) is 26.4 Å². The molecule has 1 heterocycles. The maximum Gasteiger partial charge on any atom is 0.329 e. The molecule has 0 unspecified atom stereocenters. The van der Waals surface area contributed by atoms with Crippen LogP contribution in [0.1, 0.15) is 0 Å². The topological polar surface area (TPSA) is 50.4 Å². The van der Waals surface area contributed by atoms with E-state index in [2.05, 4.69) is 10.0 Å². The highest BCUT2D eigenvalue weighted by atomic mass is 35.5. The van der Waals surface area contributed by atoms with Crippen molar-refractivity contribution in [2.75, 3.05) is 12.4 Å². The van der Waals surface area contributed by atoms with Gasteiger partial charge in [-0.15, -0.1) is 0 Å². The monoisotopic (exact) mass is 264 g/mol. The van der Waals surface area contributed by atoms with Crippen molar-refractivity contribution >= 4 is 46.9 Å². The first kappa shape index (κ1) is 10.7. The normalized spacial score (nSPS) is 13.9. The van der Waals surface area contributed by atoms with Crippen LogP contribution in [-0.4, -0.2) is 13.1 Å². The second-order valence-electron chi connectivity index (χ2n) is 2.74. The molecule has 2 rings (SSSR count). The van der Waals surface area contributed by atoms with Gasteiger partial charge in [0.2, 0.25) is 0 Å². The number of amides is 2. The number of halogens is 2. The summed E-state index contributed by atoms with van der Waals surface area (Å²) in [5, 5.41) is 3.39. The highest BCUT2D eigenvalue weighted by molar-refractivity contribution is 7.98. The summed E-state index contributed by atoms with van der Waals surface area (Å²) >= 11 is 13.0. The first-order valence-corrected chi connectivity index (χ1v) is 5.50. The third-order valence-corrected chi connectivity index (χ3v) is 3.64. The first-order valence-electron chi connectivity index (χ1n) is 3.93. The van der Waals surface area contributed by atoms with Crippen molar-refractivity contribution in [3.63, 3.8) is 0 Å².